The number of primary amides is 1. The number of nitrogens with zero attached hydrogens (tertiary/aromatic N) is 1. The van der Waals surface area contributed by atoms with E-state index >= 15 is 0 Å². The van der Waals surface area contributed by atoms with Gasteiger partial charge in [-0.3, -0.25) is 4.79 Å². The van der Waals surface area contributed by atoms with Crippen LogP contribution >= 0.6 is 11.6 Å². The zero-order chi connectivity index (χ0) is 18.9. The molecule has 2 atom stereocenters. The van der Waals surface area contributed by atoms with Crippen LogP contribution in [0.5, 0.6) is 0 Å². The number of rotatable bonds is 6. The first-order valence-electron chi connectivity index (χ1n) is 7.83. The second-order valence-corrected chi connectivity index (χ2v) is 5.38. The standard InChI is InChI=1S/C15H16ClFN2O4.C2H6.K.H2O/c16-11-3-1-2-10(8-11)14(21)22-9-15(17)6-4-13(23-15)19-7-5-12(18)20;1-2;;/h1-3,5,7-8,13H,4,6,9H2,(H3,18,19,20);1-2H3;;1H2/q;;+1;/p-2. The van der Waals surface area contributed by atoms with Crippen molar-refractivity contribution in [3.8, 4) is 0 Å². The largest absolute Gasteiger partial charge is 1.00 e. The molecule has 1 heterocycles. The number of carbonyl (C=O) groups excluding carboxylic acids is 2. The maximum Gasteiger partial charge on any atom is 1.00 e. The van der Waals surface area contributed by atoms with Gasteiger partial charge in [0.05, 0.1) is 5.56 Å². The molecule has 1 saturated heterocycles. The van der Waals surface area contributed by atoms with Gasteiger partial charge in [0.1, 0.15) is 0 Å². The number of alkyl halides is 1. The SMILES string of the molecule is CC.NC(=O)/C=C\[N-]C1CCC(F)(COC(=O)c2cccc(Cl)c2)O1.[K+].[OH-]. The summed E-state index contributed by atoms with van der Waals surface area (Å²) in [4.78, 5) is 22.4. The second-order valence-electron chi connectivity index (χ2n) is 4.95. The van der Waals surface area contributed by atoms with Crippen LogP contribution in [-0.2, 0) is 14.3 Å². The van der Waals surface area contributed by atoms with Gasteiger partial charge in [-0.05, 0) is 36.9 Å². The van der Waals surface area contributed by atoms with Gasteiger partial charge in [-0.1, -0.05) is 31.5 Å². The van der Waals surface area contributed by atoms with Crippen LogP contribution in [0.15, 0.2) is 36.5 Å². The molecular formula is C17H22ClFKN2O5-. The van der Waals surface area contributed by atoms with Crippen molar-refractivity contribution < 1.29 is 80.3 Å². The zero-order valence-corrected chi connectivity index (χ0v) is 19.4. The average Bonchev–Trinajstić information content (AvgIpc) is 2.96. The monoisotopic (exact) mass is 427 g/mol. The summed E-state index contributed by atoms with van der Waals surface area (Å²) in [6.07, 6.45) is 1.78. The molecule has 1 aliphatic heterocycles. The van der Waals surface area contributed by atoms with Gasteiger partial charge in [0.2, 0.25) is 11.8 Å². The van der Waals surface area contributed by atoms with Gasteiger partial charge in [-0.15, -0.1) is 0 Å². The first kappa shape index (κ1) is 28.7. The van der Waals surface area contributed by atoms with E-state index in [2.05, 4.69) is 5.32 Å². The molecule has 2 unspecified atom stereocenters. The zero-order valence-electron chi connectivity index (χ0n) is 15.5. The number of carbonyl (C=O) groups is 2. The Kier molecular flexibility index (Phi) is 15.4. The summed E-state index contributed by atoms with van der Waals surface area (Å²) in [6, 6.07) is 6.15. The van der Waals surface area contributed by atoms with Crippen LogP contribution in [0, 0.1) is 0 Å². The third-order valence-corrected chi connectivity index (χ3v) is 3.32. The summed E-state index contributed by atoms with van der Waals surface area (Å²) in [6.45, 7) is 3.45. The van der Waals surface area contributed by atoms with Gasteiger partial charge in [-0.2, -0.15) is 6.20 Å². The summed E-state index contributed by atoms with van der Waals surface area (Å²) in [5.74, 6) is -3.46. The summed E-state index contributed by atoms with van der Waals surface area (Å²) in [5.41, 5.74) is 5.14. The van der Waals surface area contributed by atoms with E-state index in [4.69, 9.17) is 26.8 Å². The Labute approximate surface area is 205 Å². The number of benzene rings is 1. The molecule has 146 valence electrons. The predicted octanol–water partition coefficient (Wildman–Crippen LogP) is 0.525. The van der Waals surface area contributed by atoms with E-state index in [0.717, 1.165) is 12.3 Å². The molecule has 10 heteroatoms. The smallest absolute Gasteiger partial charge is 0.870 e. The normalized spacial score (nSPS) is 20.5. The second kappa shape index (κ2) is 14.5. The number of esters is 1. The number of ether oxygens (including phenoxy) is 2. The Hall–Kier alpha value is -0.524. The van der Waals surface area contributed by atoms with Crippen molar-refractivity contribution in [1.82, 2.24) is 0 Å². The van der Waals surface area contributed by atoms with Crippen molar-refractivity contribution in [3.63, 3.8) is 0 Å². The van der Waals surface area contributed by atoms with Crippen LogP contribution in [0.3, 0.4) is 0 Å². The maximum atomic E-state index is 14.4. The Balaban J connectivity index is 0. The van der Waals surface area contributed by atoms with E-state index in [0.29, 0.717) is 11.4 Å². The summed E-state index contributed by atoms with van der Waals surface area (Å²) in [5, 5.41) is 4.24. The van der Waals surface area contributed by atoms with E-state index in [1.54, 1.807) is 12.1 Å². The number of halogens is 2. The molecule has 27 heavy (non-hydrogen) atoms. The van der Waals surface area contributed by atoms with Crippen LogP contribution in [0.2, 0.25) is 5.02 Å². The van der Waals surface area contributed by atoms with Gasteiger partial charge in [0.25, 0.3) is 0 Å². The van der Waals surface area contributed by atoms with Gasteiger partial charge in [0.15, 0.2) is 6.61 Å². The van der Waals surface area contributed by atoms with Gasteiger partial charge in [0, 0.05) is 11.4 Å². The van der Waals surface area contributed by atoms with Gasteiger partial charge < -0.3 is 26.0 Å². The topological polar surface area (TPSA) is 123 Å². The van der Waals surface area contributed by atoms with E-state index in [1.165, 1.54) is 12.1 Å². The third-order valence-electron chi connectivity index (χ3n) is 3.08. The van der Waals surface area contributed by atoms with Crippen molar-refractivity contribution >= 4 is 23.5 Å². The first-order valence-corrected chi connectivity index (χ1v) is 8.21. The average molecular weight is 428 g/mol. The molecular weight excluding hydrogens is 406 g/mol. The third kappa shape index (κ3) is 10.6. The fourth-order valence-corrected chi connectivity index (χ4v) is 2.19. The van der Waals surface area contributed by atoms with Crippen molar-refractivity contribution in [2.24, 2.45) is 5.73 Å². The van der Waals surface area contributed by atoms with Crippen LogP contribution in [0.25, 0.3) is 5.32 Å². The maximum absolute atomic E-state index is 14.4. The molecule has 1 aromatic rings. The van der Waals surface area contributed by atoms with Gasteiger partial charge >= 0.3 is 57.4 Å². The summed E-state index contributed by atoms with van der Waals surface area (Å²) in [7, 11) is 0. The molecule has 1 aromatic carbocycles. The predicted molar refractivity (Wildman–Crippen MR) is 94.7 cm³/mol. The molecule has 0 radical (unpaired) electrons. The Morgan fingerprint density at radius 2 is 2.15 bits per heavy atom. The number of nitrogens with two attached hydrogens (primary N) is 1. The summed E-state index contributed by atoms with van der Waals surface area (Å²) >= 11 is 5.78. The minimum absolute atomic E-state index is 0. The minimum Gasteiger partial charge on any atom is -0.870 e. The van der Waals surface area contributed by atoms with Crippen LogP contribution in [0.1, 0.15) is 37.0 Å². The fourth-order valence-electron chi connectivity index (χ4n) is 2.00. The van der Waals surface area contributed by atoms with Crippen molar-refractivity contribution in [2.75, 3.05) is 6.61 Å². The quantitative estimate of drug-likeness (QED) is 0.403. The van der Waals surface area contributed by atoms with Crippen LogP contribution in [0.4, 0.5) is 4.39 Å². The Morgan fingerprint density at radius 3 is 2.74 bits per heavy atom. The van der Waals surface area contributed by atoms with Crippen molar-refractivity contribution in [3.05, 3.63) is 52.4 Å². The fraction of sp³-hybridized carbons (Fsp3) is 0.412. The van der Waals surface area contributed by atoms with Crippen LogP contribution in [-0.4, -0.2) is 36.0 Å². The first-order chi connectivity index (χ1) is 11.9. The molecule has 2 rings (SSSR count). The van der Waals surface area contributed by atoms with E-state index in [-0.39, 0.29) is 68.8 Å². The van der Waals surface area contributed by atoms with E-state index in [9.17, 15) is 14.0 Å². The van der Waals surface area contributed by atoms with Crippen molar-refractivity contribution in [1.29, 1.82) is 0 Å². The Morgan fingerprint density at radius 1 is 1.48 bits per heavy atom. The van der Waals surface area contributed by atoms with Crippen LogP contribution < -0.4 is 57.1 Å². The number of hydrogen-bond acceptors (Lipinski definition) is 5. The molecule has 7 nitrogen and oxygen atoms in total. The Bertz CT molecular complexity index is 635. The summed E-state index contributed by atoms with van der Waals surface area (Å²) < 4.78 is 24.4. The molecule has 0 bridgehead atoms. The molecule has 0 spiro atoms. The molecule has 1 fully saturated rings. The van der Waals surface area contributed by atoms with E-state index < -0.39 is 30.6 Å². The molecule has 0 aliphatic carbocycles. The van der Waals surface area contributed by atoms with Gasteiger partial charge in [-0.25, -0.2) is 9.18 Å². The van der Waals surface area contributed by atoms with E-state index in [1.807, 2.05) is 13.8 Å². The number of hydrogen-bond donors (Lipinski definition) is 1. The molecule has 1 amide bonds. The number of amides is 1. The molecule has 3 N–H and O–H groups in total. The van der Waals surface area contributed by atoms with Crippen molar-refractivity contribution in [2.45, 2.75) is 38.8 Å². The molecule has 1 aliphatic rings. The molecule has 0 saturated carbocycles. The molecule has 0 aromatic heterocycles. The minimum atomic E-state index is -2.11.